The molecule has 2 amide bonds. The highest BCUT2D eigenvalue weighted by Gasteiger charge is 2.20. The van der Waals surface area contributed by atoms with Crippen LogP contribution in [0.25, 0.3) is 0 Å². The molecule has 0 bridgehead atoms. The van der Waals surface area contributed by atoms with Crippen molar-refractivity contribution in [2.24, 2.45) is 0 Å². The highest BCUT2D eigenvalue weighted by Crippen LogP contribution is 2.39. The largest absolute Gasteiger partial charge is 0.489 e. The van der Waals surface area contributed by atoms with E-state index in [1.165, 1.54) is 37.8 Å². The number of carbonyl (C=O) groups excluding carboxylic acids is 2. The molecule has 0 unspecified atom stereocenters. The monoisotopic (exact) mass is 736 g/mol. The van der Waals surface area contributed by atoms with Crippen LogP contribution in [0.15, 0.2) is 12.1 Å². The fourth-order valence-electron chi connectivity index (χ4n) is 4.85. The molecule has 0 aliphatic carbocycles. The normalized spacial score (nSPS) is 11.7. The van der Waals surface area contributed by atoms with E-state index in [2.05, 4.69) is 17.6 Å². The van der Waals surface area contributed by atoms with Crippen molar-refractivity contribution in [1.82, 2.24) is 10.6 Å². The van der Waals surface area contributed by atoms with Gasteiger partial charge in [0.25, 0.3) is 26.1 Å². The Morgan fingerprint density at radius 1 is 0.592 bits per heavy atom. The second-order valence-electron chi connectivity index (χ2n) is 12.2. The minimum absolute atomic E-state index is 0.00561. The Hall–Kier alpha value is -2.62. The van der Waals surface area contributed by atoms with E-state index in [1.54, 1.807) is 0 Å². The fraction of sp³-hybridized carbons (Fsp3) is 0.765. The van der Waals surface area contributed by atoms with Crippen LogP contribution in [-0.4, -0.2) is 82.2 Å². The number of rotatable bonds is 31. The third kappa shape index (κ3) is 24.2. The van der Waals surface area contributed by atoms with Crippen LogP contribution in [0.1, 0.15) is 133 Å². The lowest BCUT2D eigenvalue weighted by Gasteiger charge is -2.18. The SMILES string of the molecule is CCCCOc1c(OCCCS(=O)(=O)O)cc(C(=O)NCCCCCCCCCCCCNC(=O)CCCC)cc1OCCCS(=O)(=O)O. The number of benzene rings is 1. The van der Waals surface area contributed by atoms with E-state index in [0.717, 1.165) is 64.3 Å². The minimum atomic E-state index is -4.18. The molecule has 0 heterocycles. The van der Waals surface area contributed by atoms with Crippen LogP contribution in [-0.2, 0) is 25.0 Å². The van der Waals surface area contributed by atoms with Crippen LogP contribution in [0.4, 0.5) is 0 Å². The Morgan fingerprint density at radius 3 is 1.47 bits per heavy atom. The lowest BCUT2D eigenvalue weighted by Crippen LogP contribution is -2.24. The first-order valence-corrected chi connectivity index (χ1v) is 21.1. The highest BCUT2D eigenvalue weighted by molar-refractivity contribution is 7.86. The second kappa shape index (κ2) is 26.2. The Labute approximate surface area is 294 Å². The number of amides is 2. The zero-order valence-electron chi connectivity index (χ0n) is 29.5. The molecule has 0 radical (unpaired) electrons. The van der Waals surface area contributed by atoms with Crippen LogP contribution in [0.3, 0.4) is 0 Å². The molecule has 1 aromatic rings. The fourth-order valence-corrected chi connectivity index (χ4v) is 5.82. The van der Waals surface area contributed by atoms with Gasteiger partial charge in [0.15, 0.2) is 11.5 Å². The summed E-state index contributed by atoms with van der Waals surface area (Å²) in [5.41, 5.74) is 0.219. The zero-order valence-corrected chi connectivity index (χ0v) is 31.1. The van der Waals surface area contributed by atoms with Crippen LogP contribution in [0.5, 0.6) is 17.2 Å². The third-order valence-corrected chi connectivity index (χ3v) is 9.21. The number of hydrogen-bond acceptors (Lipinski definition) is 9. The molecule has 0 aliphatic heterocycles. The second-order valence-corrected chi connectivity index (χ2v) is 15.4. The molecule has 0 saturated carbocycles. The quantitative estimate of drug-likeness (QED) is 0.0507. The van der Waals surface area contributed by atoms with Crippen molar-refractivity contribution < 1.29 is 49.7 Å². The molecule has 4 N–H and O–H groups in total. The zero-order chi connectivity index (χ0) is 36.4. The summed E-state index contributed by atoms with van der Waals surface area (Å²) < 4.78 is 80.1. The summed E-state index contributed by atoms with van der Waals surface area (Å²) >= 11 is 0. The molecule has 13 nitrogen and oxygen atoms in total. The predicted molar refractivity (Wildman–Crippen MR) is 191 cm³/mol. The number of hydrogen-bond donors (Lipinski definition) is 4. The van der Waals surface area contributed by atoms with E-state index in [1.807, 2.05) is 6.92 Å². The average molecular weight is 737 g/mol. The van der Waals surface area contributed by atoms with Gasteiger partial charge < -0.3 is 24.8 Å². The average Bonchev–Trinajstić information content (AvgIpc) is 3.03. The molecular formula is C34H60N2O11S2. The first kappa shape index (κ1) is 44.4. The molecule has 0 saturated heterocycles. The smallest absolute Gasteiger partial charge is 0.264 e. The third-order valence-electron chi connectivity index (χ3n) is 7.60. The number of nitrogens with one attached hydrogen (secondary N) is 2. The predicted octanol–water partition coefficient (Wildman–Crippen LogP) is 6.12. The number of ether oxygens (including phenoxy) is 3. The molecule has 0 fully saturated rings. The molecule has 0 spiro atoms. The van der Waals surface area contributed by atoms with E-state index in [9.17, 15) is 26.4 Å². The molecule has 284 valence electrons. The molecule has 1 rings (SSSR count). The van der Waals surface area contributed by atoms with Crippen LogP contribution < -0.4 is 24.8 Å². The van der Waals surface area contributed by atoms with Crippen LogP contribution in [0, 0.1) is 0 Å². The molecule has 0 aromatic heterocycles. The van der Waals surface area contributed by atoms with Gasteiger partial charge in [0.2, 0.25) is 11.7 Å². The van der Waals surface area contributed by atoms with Gasteiger partial charge in [-0.3, -0.25) is 18.7 Å². The Balaban J connectivity index is 2.59. The van der Waals surface area contributed by atoms with Crippen LogP contribution in [0.2, 0.25) is 0 Å². The van der Waals surface area contributed by atoms with Crippen LogP contribution >= 0.6 is 0 Å². The van der Waals surface area contributed by atoms with E-state index < -0.39 is 31.7 Å². The number of unbranched alkanes of at least 4 members (excludes halogenated alkanes) is 11. The summed E-state index contributed by atoms with van der Waals surface area (Å²) in [6.07, 6.45) is 15.0. The van der Waals surface area contributed by atoms with E-state index in [0.29, 0.717) is 26.0 Å². The summed E-state index contributed by atoms with van der Waals surface area (Å²) in [4.78, 5) is 24.7. The maximum absolute atomic E-state index is 13.1. The van der Waals surface area contributed by atoms with Crippen molar-refractivity contribution in [1.29, 1.82) is 0 Å². The summed E-state index contributed by atoms with van der Waals surface area (Å²) in [6, 6.07) is 2.97. The van der Waals surface area contributed by atoms with Gasteiger partial charge in [0, 0.05) is 25.1 Å². The molecular weight excluding hydrogens is 677 g/mol. The topological polar surface area (TPSA) is 195 Å². The van der Waals surface area contributed by atoms with E-state index in [-0.39, 0.29) is 60.7 Å². The van der Waals surface area contributed by atoms with E-state index >= 15 is 0 Å². The van der Waals surface area contributed by atoms with Gasteiger partial charge in [-0.05, 0) is 50.7 Å². The van der Waals surface area contributed by atoms with Crippen molar-refractivity contribution in [2.45, 2.75) is 123 Å². The minimum Gasteiger partial charge on any atom is -0.489 e. The first-order chi connectivity index (χ1) is 23.4. The molecule has 49 heavy (non-hydrogen) atoms. The van der Waals surface area contributed by atoms with Gasteiger partial charge in [0.05, 0.1) is 31.3 Å². The summed E-state index contributed by atoms with van der Waals surface area (Å²) in [5, 5.41) is 5.89. The maximum Gasteiger partial charge on any atom is 0.264 e. The highest BCUT2D eigenvalue weighted by atomic mass is 32.2. The van der Waals surface area contributed by atoms with Gasteiger partial charge in [-0.2, -0.15) is 16.8 Å². The molecule has 0 aliphatic rings. The van der Waals surface area contributed by atoms with E-state index in [4.69, 9.17) is 23.3 Å². The van der Waals surface area contributed by atoms with Gasteiger partial charge in [-0.1, -0.05) is 78.1 Å². The molecule has 0 atom stereocenters. The number of carbonyl (C=O) groups is 2. The standard InChI is InChI=1S/C34H60N2O11S2/c1-3-5-19-32(37)35-20-15-13-11-9-7-8-10-12-14-16-21-36-34(38)29-27-30(45-23-17-25-48(39,40)41)33(47-22-6-4-2)31(28-29)46-24-18-26-49(42,43)44/h27-28H,3-26H2,1-2H3,(H,35,37)(H,36,38)(H,39,40,41)(H,42,43,44). The lowest BCUT2D eigenvalue weighted by atomic mass is 10.1. The van der Waals surface area contributed by atoms with Crippen molar-refractivity contribution >= 4 is 32.1 Å². The van der Waals surface area contributed by atoms with Crippen molar-refractivity contribution in [3.05, 3.63) is 17.7 Å². The Morgan fingerprint density at radius 2 is 1.02 bits per heavy atom. The van der Waals surface area contributed by atoms with Gasteiger partial charge >= 0.3 is 0 Å². The van der Waals surface area contributed by atoms with Crippen molar-refractivity contribution in [3.8, 4) is 17.2 Å². The molecule has 15 heteroatoms. The summed E-state index contributed by atoms with van der Waals surface area (Å²) in [5.74, 6) is -0.722. The van der Waals surface area contributed by atoms with Crippen molar-refractivity contribution in [2.75, 3.05) is 44.4 Å². The van der Waals surface area contributed by atoms with Gasteiger partial charge in [-0.25, -0.2) is 0 Å². The summed E-state index contributed by atoms with van der Waals surface area (Å²) in [7, 11) is -8.35. The molecule has 1 aromatic carbocycles. The Bertz CT molecular complexity index is 1230. The lowest BCUT2D eigenvalue weighted by molar-refractivity contribution is -0.121. The first-order valence-electron chi connectivity index (χ1n) is 17.9. The summed E-state index contributed by atoms with van der Waals surface area (Å²) in [6.45, 7) is 5.44. The van der Waals surface area contributed by atoms with Gasteiger partial charge in [-0.15, -0.1) is 0 Å². The Kier molecular flexibility index (Phi) is 23.8. The van der Waals surface area contributed by atoms with Gasteiger partial charge in [0.1, 0.15) is 0 Å². The van der Waals surface area contributed by atoms with Crippen molar-refractivity contribution in [3.63, 3.8) is 0 Å². The maximum atomic E-state index is 13.1.